The molecule has 0 bridgehead atoms. The molecule has 0 N–H and O–H groups in total. The smallest absolute Gasteiger partial charge is 0.270 e. The summed E-state index contributed by atoms with van der Waals surface area (Å²) < 4.78 is 0. The van der Waals surface area contributed by atoms with Crippen LogP contribution in [0.4, 0.5) is 0 Å². The third-order valence-electron chi connectivity index (χ3n) is 1.83. The molecule has 0 aliphatic heterocycles. The molecule has 0 spiro atoms. The highest BCUT2D eigenvalue weighted by molar-refractivity contribution is 6.67. The number of hydrogen-bond donors (Lipinski definition) is 0. The van der Waals surface area contributed by atoms with Crippen LogP contribution in [0, 0.1) is 0 Å². The van der Waals surface area contributed by atoms with Crippen molar-refractivity contribution < 1.29 is 4.79 Å². The van der Waals surface area contributed by atoms with Crippen LogP contribution < -0.4 is 0 Å². The molecular weight excluding hydrogens is 186 g/mol. The number of aromatic nitrogens is 1. The Hall–Kier alpha value is -1.41. The average molecular weight is 192 g/mol. The molecule has 0 aliphatic carbocycles. The van der Waals surface area contributed by atoms with Gasteiger partial charge in [0.05, 0.1) is 0 Å². The van der Waals surface area contributed by atoms with Crippen LogP contribution >= 0.6 is 11.6 Å². The summed E-state index contributed by atoms with van der Waals surface area (Å²) in [5.41, 5.74) is 0.292. The van der Waals surface area contributed by atoms with E-state index in [-0.39, 0.29) is 0 Å². The van der Waals surface area contributed by atoms with E-state index in [1.165, 1.54) is 0 Å². The van der Waals surface area contributed by atoms with E-state index < -0.39 is 5.24 Å². The Morgan fingerprint density at radius 3 is 2.62 bits per heavy atom. The fourth-order valence-electron chi connectivity index (χ4n) is 1.19. The molecule has 2 rings (SSSR count). The van der Waals surface area contributed by atoms with Crippen LogP contribution in [-0.4, -0.2) is 10.2 Å². The van der Waals surface area contributed by atoms with Crippen LogP contribution in [0.2, 0.25) is 0 Å². The van der Waals surface area contributed by atoms with Crippen LogP contribution in [0.3, 0.4) is 0 Å². The van der Waals surface area contributed by atoms with Crippen LogP contribution in [-0.2, 0) is 0 Å². The summed E-state index contributed by atoms with van der Waals surface area (Å²) in [6.45, 7) is 0. The molecule has 0 unspecified atom stereocenters. The topological polar surface area (TPSA) is 30.0 Å². The van der Waals surface area contributed by atoms with Crippen molar-refractivity contribution in [3.05, 3.63) is 42.2 Å². The first kappa shape index (κ1) is 8.20. The number of benzene rings is 1. The summed E-state index contributed by atoms with van der Waals surface area (Å²) in [5.74, 6) is 0. The summed E-state index contributed by atoms with van der Waals surface area (Å²) in [7, 11) is 0. The highest BCUT2D eigenvalue weighted by atomic mass is 35.5. The van der Waals surface area contributed by atoms with Gasteiger partial charge in [-0.1, -0.05) is 24.3 Å². The Morgan fingerprint density at radius 2 is 1.92 bits per heavy atom. The van der Waals surface area contributed by atoms with Gasteiger partial charge in [0.15, 0.2) is 0 Å². The largest absolute Gasteiger partial charge is 0.274 e. The first-order valence-electron chi connectivity index (χ1n) is 3.82. The van der Waals surface area contributed by atoms with Gasteiger partial charge in [0.1, 0.15) is 5.69 Å². The highest BCUT2D eigenvalue weighted by Crippen LogP contribution is 2.14. The van der Waals surface area contributed by atoms with Gasteiger partial charge in [-0.25, -0.2) is 0 Å². The predicted molar refractivity (Wildman–Crippen MR) is 51.9 cm³/mol. The number of hydrogen-bond acceptors (Lipinski definition) is 2. The third kappa shape index (κ3) is 1.53. The number of rotatable bonds is 1. The van der Waals surface area contributed by atoms with Crippen molar-refractivity contribution >= 4 is 27.6 Å². The number of carbonyl (C=O) groups is 1. The molecule has 1 heterocycles. The van der Waals surface area contributed by atoms with E-state index in [1.807, 2.05) is 24.3 Å². The first-order valence-corrected chi connectivity index (χ1v) is 4.20. The summed E-state index contributed by atoms with van der Waals surface area (Å²) in [6, 6.07) is 9.37. The fourth-order valence-corrected chi connectivity index (χ4v) is 1.29. The molecule has 3 heteroatoms. The van der Waals surface area contributed by atoms with Gasteiger partial charge in [0, 0.05) is 11.6 Å². The summed E-state index contributed by atoms with van der Waals surface area (Å²) >= 11 is 5.30. The number of fused-ring (bicyclic) bond motifs is 1. The Kier molecular flexibility index (Phi) is 1.99. The number of nitrogens with zero attached hydrogens (tertiary/aromatic N) is 1. The van der Waals surface area contributed by atoms with Crippen molar-refractivity contribution in [2.45, 2.75) is 0 Å². The second kappa shape index (κ2) is 3.15. The Balaban J connectivity index is 2.69. The number of carbonyl (C=O) groups excluding carboxylic acids is 1. The predicted octanol–water partition coefficient (Wildman–Crippen LogP) is 2.61. The molecule has 2 aromatic rings. The molecule has 0 amide bonds. The lowest BCUT2D eigenvalue weighted by molar-refractivity contribution is 0.107. The van der Waals surface area contributed by atoms with Crippen molar-refractivity contribution in [2.75, 3.05) is 0 Å². The lowest BCUT2D eigenvalue weighted by atomic mass is 10.1. The van der Waals surface area contributed by atoms with Crippen molar-refractivity contribution in [1.82, 2.24) is 4.98 Å². The standard InChI is InChI=1S/C10H6ClNO/c11-10(13)9-5-7-3-1-2-4-8(7)6-12-9/h1-6H. The van der Waals surface area contributed by atoms with E-state index in [4.69, 9.17) is 11.6 Å². The van der Waals surface area contributed by atoms with Crippen molar-refractivity contribution in [1.29, 1.82) is 0 Å². The van der Waals surface area contributed by atoms with E-state index in [0.717, 1.165) is 10.8 Å². The molecule has 0 atom stereocenters. The van der Waals surface area contributed by atoms with E-state index in [0.29, 0.717) is 5.69 Å². The Bertz CT molecular complexity index is 467. The average Bonchev–Trinajstić information content (AvgIpc) is 2.17. The quantitative estimate of drug-likeness (QED) is 0.649. The van der Waals surface area contributed by atoms with Gasteiger partial charge in [-0.3, -0.25) is 9.78 Å². The minimum Gasteiger partial charge on any atom is -0.274 e. The summed E-state index contributed by atoms with van der Waals surface area (Å²) in [5, 5.41) is 1.46. The van der Waals surface area contributed by atoms with E-state index in [1.54, 1.807) is 12.3 Å². The minimum atomic E-state index is -0.522. The molecule has 0 aliphatic rings. The van der Waals surface area contributed by atoms with E-state index >= 15 is 0 Å². The van der Waals surface area contributed by atoms with Gasteiger partial charge in [-0.05, 0) is 23.1 Å². The number of pyridine rings is 1. The maximum absolute atomic E-state index is 10.8. The highest BCUT2D eigenvalue weighted by Gasteiger charge is 2.03. The van der Waals surface area contributed by atoms with Gasteiger partial charge < -0.3 is 0 Å². The van der Waals surface area contributed by atoms with Gasteiger partial charge in [-0.2, -0.15) is 0 Å². The second-order valence-electron chi connectivity index (χ2n) is 2.69. The van der Waals surface area contributed by atoms with Crippen LogP contribution in [0.15, 0.2) is 36.5 Å². The van der Waals surface area contributed by atoms with Crippen molar-refractivity contribution in [2.24, 2.45) is 0 Å². The molecule has 13 heavy (non-hydrogen) atoms. The maximum Gasteiger partial charge on any atom is 0.270 e. The third-order valence-corrected chi connectivity index (χ3v) is 2.03. The van der Waals surface area contributed by atoms with Gasteiger partial charge in [0.2, 0.25) is 0 Å². The van der Waals surface area contributed by atoms with Crippen molar-refractivity contribution in [3.63, 3.8) is 0 Å². The zero-order chi connectivity index (χ0) is 9.26. The van der Waals surface area contributed by atoms with E-state index in [9.17, 15) is 4.79 Å². The van der Waals surface area contributed by atoms with Gasteiger partial charge in [0.25, 0.3) is 5.24 Å². The Morgan fingerprint density at radius 1 is 1.23 bits per heavy atom. The zero-order valence-corrected chi connectivity index (χ0v) is 7.45. The molecule has 1 aromatic carbocycles. The monoisotopic (exact) mass is 191 g/mol. The molecule has 0 saturated carbocycles. The zero-order valence-electron chi connectivity index (χ0n) is 6.70. The first-order chi connectivity index (χ1) is 6.27. The summed E-state index contributed by atoms with van der Waals surface area (Å²) in [6.07, 6.45) is 1.64. The van der Waals surface area contributed by atoms with Gasteiger partial charge >= 0.3 is 0 Å². The fraction of sp³-hybridized carbons (Fsp3) is 0. The molecule has 0 radical (unpaired) electrons. The van der Waals surface area contributed by atoms with E-state index in [2.05, 4.69) is 4.98 Å². The Labute approximate surface area is 80.2 Å². The van der Waals surface area contributed by atoms with Crippen LogP contribution in [0.1, 0.15) is 10.5 Å². The molecular formula is C10H6ClNO. The second-order valence-corrected chi connectivity index (χ2v) is 3.03. The summed E-state index contributed by atoms with van der Waals surface area (Å²) in [4.78, 5) is 14.7. The number of halogens is 1. The molecule has 64 valence electrons. The lowest BCUT2D eigenvalue weighted by Crippen LogP contribution is -1.92. The normalized spacial score (nSPS) is 10.2. The van der Waals surface area contributed by atoms with Crippen LogP contribution in [0.5, 0.6) is 0 Å². The maximum atomic E-state index is 10.8. The minimum absolute atomic E-state index is 0.292. The molecule has 0 fully saturated rings. The lowest BCUT2D eigenvalue weighted by Gasteiger charge is -1.97. The SMILES string of the molecule is O=C(Cl)c1cc2ccccc2cn1. The molecule has 2 nitrogen and oxygen atoms in total. The van der Waals surface area contributed by atoms with Crippen LogP contribution in [0.25, 0.3) is 10.8 Å². The van der Waals surface area contributed by atoms with Gasteiger partial charge in [-0.15, -0.1) is 0 Å². The molecule has 1 aromatic heterocycles. The van der Waals surface area contributed by atoms with Crippen molar-refractivity contribution in [3.8, 4) is 0 Å². The molecule has 0 saturated heterocycles.